The summed E-state index contributed by atoms with van der Waals surface area (Å²) in [6.45, 7) is 3.85. The SMILES string of the molecule is CCOc1ccccc1O[C@H](C)C(=O)NC(N)=O. The number of rotatable bonds is 5. The quantitative estimate of drug-likeness (QED) is 0.819. The Hall–Kier alpha value is -2.24. The smallest absolute Gasteiger partial charge is 0.318 e. The highest BCUT2D eigenvalue weighted by atomic mass is 16.5. The number of ether oxygens (including phenoxy) is 2. The number of nitrogens with one attached hydrogen (secondary N) is 1. The average Bonchev–Trinajstić information content (AvgIpc) is 2.31. The summed E-state index contributed by atoms with van der Waals surface area (Å²) in [4.78, 5) is 22.0. The molecule has 1 rings (SSSR count). The topological polar surface area (TPSA) is 90.7 Å². The normalized spacial score (nSPS) is 11.4. The first-order valence-corrected chi connectivity index (χ1v) is 5.53. The van der Waals surface area contributed by atoms with Gasteiger partial charge in [-0.15, -0.1) is 0 Å². The van der Waals surface area contributed by atoms with E-state index in [4.69, 9.17) is 15.2 Å². The zero-order valence-electron chi connectivity index (χ0n) is 10.3. The molecule has 0 spiro atoms. The average molecular weight is 252 g/mol. The number of hydrogen-bond acceptors (Lipinski definition) is 4. The number of carbonyl (C=O) groups is 2. The van der Waals surface area contributed by atoms with Gasteiger partial charge in [0, 0.05) is 0 Å². The number of primary amides is 1. The lowest BCUT2D eigenvalue weighted by Crippen LogP contribution is -2.42. The molecular formula is C12H16N2O4. The summed E-state index contributed by atoms with van der Waals surface area (Å²) in [5.74, 6) is 0.374. The minimum absolute atomic E-state index is 0.437. The molecular weight excluding hydrogens is 236 g/mol. The molecule has 0 fully saturated rings. The molecule has 0 aliphatic heterocycles. The van der Waals surface area contributed by atoms with Crippen LogP contribution in [0.5, 0.6) is 11.5 Å². The molecule has 0 bridgehead atoms. The Labute approximate surface area is 105 Å². The van der Waals surface area contributed by atoms with E-state index in [1.807, 2.05) is 12.2 Å². The van der Waals surface area contributed by atoms with Crippen LogP contribution in [-0.2, 0) is 4.79 Å². The maximum atomic E-state index is 11.4. The first-order chi connectivity index (χ1) is 8.54. The molecule has 0 aliphatic carbocycles. The van der Waals surface area contributed by atoms with E-state index in [0.29, 0.717) is 18.1 Å². The first-order valence-electron chi connectivity index (χ1n) is 5.53. The van der Waals surface area contributed by atoms with Crippen molar-refractivity contribution >= 4 is 11.9 Å². The lowest BCUT2D eigenvalue weighted by atomic mass is 10.3. The highest BCUT2D eigenvalue weighted by molar-refractivity contribution is 5.95. The Morgan fingerprint density at radius 3 is 2.50 bits per heavy atom. The summed E-state index contributed by atoms with van der Waals surface area (Å²) in [6.07, 6.45) is -0.848. The fraction of sp³-hybridized carbons (Fsp3) is 0.333. The largest absolute Gasteiger partial charge is 0.490 e. The molecule has 0 saturated carbocycles. The van der Waals surface area contributed by atoms with Crippen molar-refractivity contribution in [3.05, 3.63) is 24.3 Å². The molecule has 3 amide bonds. The number of imide groups is 1. The van der Waals surface area contributed by atoms with Gasteiger partial charge in [0.1, 0.15) is 0 Å². The summed E-state index contributed by atoms with van der Waals surface area (Å²) in [5.41, 5.74) is 4.85. The van der Waals surface area contributed by atoms with E-state index in [9.17, 15) is 9.59 Å². The maximum Gasteiger partial charge on any atom is 0.318 e. The molecule has 98 valence electrons. The van der Waals surface area contributed by atoms with Gasteiger partial charge in [-0.1, -0.05) is 12.1 Å². The van der Waals surface area contributed by atoms with Crippen LogP contribution < -0.4 is 20.5 Å². The second-order valence-electron chi connectivity index (χ2n) is 3.49. The van der Waals surface area contributed by atoms with Crippen LogP contribution >= 0.6 is 0 Å². The van der Waals surface area contributed by atoms with Gasteiger partial charge in [-0.3, -0.25) is 10.1 Å². The van der Waals surface area contributed by atoms with E-state index in [2.05, 4.69) is 0 Å². The van der Waals surface area contributed by atoms with Crippen molar-refractivity contribution in [1.29, 1.82) is 0 Å². The Morgan fingerprint density at radius 2 is 1.94 bits per heavy atom. The molecule has 0 aromatic heterocycles. The van der Waals surface area contributed by atoms with Gasteiger partial charge in [-0.05, 0) is 26.0 Å². The van der Waals surface area contributed by atoms with Gasteiger partial charge in [0.25, 0.3) is 5.91 Å². The van der Waals surface area contributed by atoms with E-state index in [0.717, 1.165) is 0 Å². The van der Waals surface area contributed by atoms with Crippen molar-refractivity contribution in [2.24, 2.45) is 5.73 Å². The molecule has 1 aromatic carbocycles. The molecule has 0 heterocycles. The molecule has 6 heteroatoms. The van der Waals surface area contributed by atoms with Crippen LogP contribution in [0.15, 0.2) is 24.3 Å². The number of amides is 3. The number of urea groups is 1. The molecule has 18 heavy (non-hydrogen) atoms. The van der Waals surface area contributed by atoms with Gasteiger partial charge in [0.2, 0.25) is 0 Å². The third kappa shape index (κ3) is 3.97. The van der Waals surface area contributed by atoms with Crippen LogP contribution in [0, 0.1) is 0 Å². The van der Waals surface area contributed by atoms with Gasteiger partial charge < -0.3 is 15.2 Å². The predicted octanol–water partition coefficient (Wildman–Crippen LogP) is 1.05. The van der Waals surface area contributed by atoms with Gasteiger partial charge in [-0.2, -0.15) is 0 Å². The number of hydrogen-bond donors (Lipinski definition) is 2. The van der Waals surface area contributed by atoms with Crippen molar-refractivity contribution in [3.63, 3.8) is 0 Å². The summed E-state index contributed by atoms with van der Waals surface area (Å²) in [5, 5.41) is 1.95. The Bertz CT molecular complexity index is 434. The highest BCUT2D eigenvalue weighted by Gasteiger charge is 2.17. The van der Waals surface area contributed by atoms with Crippen molar-refractivity contribution in [3.8, 4) is 11.5 Å². The lowest BCUT2D eigenvalue weighted by Gasteiger charge is -2.16. The van der Waals surface area contributed by atoms with Crippen LogP contribution in [0.25, 0.3) is 0 Å². The standard InChI is InChI=1S/C12H16N2O4/c1-3-17-9-6-4-5-7-10(9)18-8(2)11(15)14-12(13)16/h4-8H,3H2,1-2H3,(H3,13,14,15,16)/t8-/m1/s1. The molecule has 0 unspecified atom stereocenters. The zero-order chi connectivity index (χ0) is 13.5. The fourth-order valence-electron chi connectivity index (χ4n) is 1.29. The molecule has 1 aromatic rings. The molecule has 6 nitrogen and oxygen atoms in total. The predicted molar refractivity (Wildman–Crippen MR) is 65.4 cm³/mol. The second-order valence-corrected chi connectivity index (χ2v) is 3.49. The van der Waals surface area contributed by atoms with Crippen LogP contribution in [0.3, 0.4) is 0 Å². The van der Waals surface area contributed by atoms with Gasteiger partial charge in [0.15, 0.2) is 17.6 Å². The summed E-state index contributed by atoms with van der Waals surface area (Å²) < 4.78 is 10.8. The molecule has 0 radical (unpaired) electrons. The monoisotopic (exact) mass is 252 g/mol. The fourth-order valence-corrected chi connectivity index (χ4v) is 1.29. The summed E-state index contributed by atoms with van der Waals surface area (Å²) >= 11 is 0. The minimum atomic E-state index is -0.909. The maximum absolute atomic E-state index is 11.4. The van der Waals surface area contributed by atoms with Crippen LogP contribution in [0.2, 0.25) is 0 Å². The van der Waals surface area contributed by atoms with Crippen molar-refractivity contribution in [2.75, 3.05) is 6.61 Å². The number of nitrogens with two attached hydrogens (primary N) is 1. The van der Waals surface area contributed by atoms with Crippen LogP contribution in [0.1, 0.15) is 13.8 Å². The highest BCUT2D eigenvalue weighted by Crippen LogP contribution is 2.27. The van der Waals surface area contributed by atoms with E-state index in [1.165, 1.54) is 6.92 Å². The van der Waals surface area contributed by atoms with Crippen molar-refractivity contribution in [2.45, 2.75) is 20.0 Å². The van der Waals surface area contributed by atoms with Gasteiger partial charge >= 0.3 is 6.03 Å². The summed E-state index contributed by atoms with van der Waals surface area (Å²) in [6, 6.07) is 6.06. The van der Waals surface area contributed by atoms with Gasteiger partial charge in [-0.25, -0.2) is 4.79 Å². The van der Waals surface area contributed by atoms with Crippen LogP contribution in [-0.4, -0.2) is 24.6 Å². The second kappa shape index (κ2) is 6.48. The van der Waals surface area contributed by atoms with Crippen molar-refractivity contribution < 1.29 is 19.1 Å². The lowest BCUT2D eigenvalue weighted by molar-refractivity contribution is -0.126. The molecule has 3 N–H and O–H groups in total. The molecule has 0 saturated heterocycles. The van der Waals surface area contributed by atoms with Crippen molar-refractivity contribution in [1.82, 2.24) is 5.32 Å². The molecule has 0 aliphatic rings. The minimum Gasteiger partial charge on any atom is -0.490 e. The number of benzene rings is 1. The Kier molecular flexibility index (Phi) is 4.98. The van der Waals surface area contributed by atoms with E-state index >= 15 is 0 Å². The third-order valence-electron chi connectivity index (χ3n) is 2.07. The van der Waals surface area contributed by atoms with E-state index in [-0.39, 0.29) is 0 Å². The third-order valence-corrected chi connectivity index (χ3v) is 2.07. The van der Waals surface area contributed by atoms with Crippen LogP contribution in [0.4, 0.5) is 4.79 Å². The first kappa shape index (κ1) is 13.8. The van der Waals surface area contributed by atoms with E-state index in [1.54, 1.807) is 24.3 Å². The number of carbonyl (C=O) groups excluding carboxylic acids is 2. The Morgan fingerprint density at radius 1 is 1.33 bits per heavy atom. The van der Waals surface area contributed by atoms with Gasteiger partial charge in [0.05, 0.1) is 6.61 Å². The van der Waals surface area contributed by atoms with E-state index < -0.39 is 18.0 Å². The Balaban J connectivity index is 2.71. The summed E-state index contributed by atoms with van der Waals surface area (Å²) in [7, 11) is 0. The number of para-hydroxylation sites is 2. The molecule has 1 atom stereocenters. The zero-order valence-corrected chi connectivity index (χ0v) is 10.3.